The molecular weight excluding hydrogens is 384 g/mol. The van der Waals surface area contributed by atoms with Crippen molar-refractivity contribution < 1.29 is 28.8 Å². The molecule has 7 heteroatoms. The fourth-order valence-electron chi connectivity index (χ4n) is 3.20. The predicted octanol–water partition coefficient (Wildman–Crippen LogP) is 1.49. The summed E-state index contributed by atoms with van der Waals surface area (Å²) in [6.07, 6.45) is -0.956. The van der Waals surface area contributed by atoms with E-state index in [9.17, 15) is 14.4 Å². The third-order valence-corrected chi connectivity index (χ3v) is 5.06. The quantitative estimate of drug-likeness (QED) is 0.533. The Balaban J connectivity index is 1.51. The minimum Gasteiger partial charge on any atom is -0.449 e. The van der Waals surface area contributed by atoms with Crippen LogP contribution in [-0.2, 0) is 20.8 Å². The van der Waals surface area contributed by atoms with Gasteiger partial charge in [0.2, 0.25) is 0 Å². The number of benzene rings is 2. The van der Waals surface area contributed by atoms with E-state index in [-0.39, 0.29) is 5.78 Å². The van der Waals surface area contributed by atoms with Crippen molar-refractivity contribution in [3.8, 4) is 0 Å². The molecule has 1 amide bonds. The van der Waals surface area contributed by atoms with Crippen LogP contribution in [0, 0.1) is 0 Å². The van der Waals surface area contributed by atoms with Crippen LogP contribution in [0.15, 0.2) is 48.5 Å². The van der Waals surface area contributed by atoms with Crippen LogP contribution >= 0.6 is 0 Å². The van der Waals surface area contributed by atoms with Gasteiger partial charge in [0.25, 0.3) is 5.91 Å². The molecule has 0 spiro atoms. The normalized spacial score (nSPS) is 15.3. The number of esters is 1. The lowest BCUT2D eigenvalue weighted by atomic mass is 10.1. The molecule has 158 valence electrons. The largest absolute Gasteiger partial charge is 0.449 e. The van der Waals surface area contributed by atoms with E-state index in [1.807, 2.05) is 12.1 Å². The van der Waals surface area contributed by atoms with Gasteiger partial charge >= 0.3 is 5.97 Å². The van der Waals surface area contributed by atoms with E-state index in [1.165, 1.54) is 18.7 Å². The number of hydrogen-bond acceptors (Lipinski definition) is 5. The molecule has 0 unspecified atom stereocenters. The first-order chi connectivity index (χ1) is 14.4. The Labute approximate surface area is 176 Å². The number of ether oxygens (including phenoxy) is 2. The first kappa shape index (κ1) is 21.7. The van der Waals surface area contributed by atoms with Crippen LogP contribution in [0.5, 0.6) is 0 Å². The minimum absolute atomic E-state index is 0.0486. The summed E-state index contributed by atoms with van der Waals surface area (Å²) in [5.74, 6) is -1.03. The summed E-state index contributed by atoms with van der Waals surface area (Å²) in [7, 11) is 0. The van der Waals surface area contributed by atoms with Crippen LogP contribution in [0.1, 0.15) is 40.1 Å². The highest BCUT2D eigenvalue weighted by Crippen LogP contribution is 2.12. The summed E-state index contributed by atoms with van der Waals surface area (Å²) in [5.41, 5.74) is 2.64. The number of carbonyl (C=O) groups is 3. The summed E-state index contributed by atoms with van der Waals surface area (Å²) in [4.78, 5) is 37.4. The zero-order chi connectivity index (χ0) is 21.5. The van der Waals surface area contributed by atoms with E-state index >= 15 is 0 Å². The smallest absolute Gasteiger partial charge is 0.338 e. The molecule has 1 heterocycles. The molecule has 0 saturated carbocycles. The van der Waals surface area contributed by atoms with Crippen LogP contribution in [0.25, 0.3) is 0 Å². The van der Waals surface area contributed by atoms with Gasteiger partial charge in [-0.15, -0.1) is 0 Å². The molecule has 0 radical (unpaired) electrons. The Hall–Kier alpha value is -3.03. The average Bonchev–Trinajstić information content (AvgIpc) is 2.75. The maximum atomic E-state index is 12.4. The highest BCUT2D eigenvalue weighted by Gasteiger charge is 2.20. The van der Waals surface area contributed by atoms with Gasteiger partial charge in [0.15, 0.2) is 11.9 Å². The van der Waals surface area contributed by atoms with Crippen molar-refractivity contribution in [3.63, 3.8) is 0 Å². The van der Waals surface area contributed by atoms with Crippen molar-refractivity contribution in [1.29, 1.82) is 0 Å². The van der Waals surface area contributed by atoms with Crippen molar-refractivity contribution in [1.82, 2.24) is 0 Å². The van der Waals surface area contributed by atoms with Gasteiger partial charge in [-0.25, -0.2) is 4.79 Å². The third-order valence-electron chi connectivity index (χ3n) is 5.06. The van der Waals surface area contributed by atoms with E-state index in [0.717, 1.165) is 38.4 Å². The molecule has 1 aliphatic rings. The molecule has 0 aliphatic carbocycles. The summed E-state index contributed by atoms with van der Waals surface area (Å²) >= 11 is 0. The Bertz CT molecular complexity index is 887. The zero-order valence-electron chi connectivity index (χ0n) is 17.3. The van der Waals surface area contributed by atoms with Crippen LogP contribution in [0.4, 0.5) is 5.69 Å². The first-order valence-corrected chi connectivity index (χ1v) is 10.1. The van der Waals surface area contributed by atoms with Crippen molar-refractivity contribution in [2.75, 3.05) is 31.6 Å². The average molecular weight is 411 g/mol. The van der Waals surface area contributed by atoms with Crippen LogP contribution in [-0.4, -0.2) is 50.1 Å². The topological polar surface area (TPSA) is 86.1 Å². The van der Waals surface area contributed by atoms with Crippen LogP contribution in [0.2, 0.25) is 0 Å². The molecule has 1 fully saturated rings. The van der Waals surface area contributed by atoms with Gasteiger partial charge in [-0.2, -0.15) is 0 Å². The Morgan fingerprint density at radius 3 is 2.20 bits per heavy atom. The minimum atomic E-state index is -0.956. The van der Waals surface area contributed by atoms with Crippen molar-refractivity contribution in [3.05, 3.63) is 65.2 Å². The van der Waals surface area contributed by atoms with E-state index in [2.05, 4.69) is 5.32 Å². The van der Waals surface area contributed by atoms with Gasteiger partial charge in [-0.3, -0.25) is 9.59 Å². The lowest BCUT2D eigenvalue weighted by Gasteiger charge is -2.23. The summed E-state index contributed by atoms with van der Waals surface area (Å²) in [6, 6.07) is 13.8. The number of morpholine rings is 1. The number of nitrogens with one attached hydrogen (secondary N) is 2. The highest BCUT2D eigenvalue weighted by molar-refractivity contribution is 5.98. The first-order valence-electron chi connectivity index (χ1n) is 10.1. The zero-order valence-corrected chi connectivity index (χ0v) is 17.3. The number of quaternary nitrogens is 1. The highest BCUT2D eigenvalue weighted by atomic mass is 16.5. The van der Waals surface area contributed by atoms with Gasteiger partial charge in [0, 0.05) is 16.8 Å². The second-order valence-corrected chi connectivity index (χ2v) is 7.41. The molecule has 1 atom stereocenters. The number of amides is 1. The van der Waals surface area contributed by atoms with Gasteiger partial charge in [-0.1, -0.05) is 12.1 Å². The van der Waals surface area contributed by atoms with Gasteiger partial charge < -0.3 is 19.7 Å². The molecule has 0 aromatic heterocycles. The molecule has 7 nitrogen and oxygen atoms in total. The van der Waals surface area contributed by atoms with E-state index < -0.39 is 18.0 Å². The van der Waals surface area contributed by atoms with E-state index in [4.69, 9.17) is 9.47 Å². The Morgan fingerprint density at radius 1 is 1.00 bits per heavy atom. The second-order valence-electron chi connectivity index (χ2n) is 7.41. The molecule has 1 saturated heterocycles. The molecule has 0 bridgehead atoms. The maximum Gasteiger partial charge on any atom is 0.338 e. The molecule has 2 aromatic rings. The number of anilines is 1. The summed E-state index contributed by atoms with van der Waals surface area (Å²) < 4.78 is 10.7. The third kappa shape index (κ3) is 5.98. The molecule has 3 rings (SSSR count). The van der Waals surface area contributed by atoms with Crippen molar-refractivity contribution in [2.45, 2.75) is 26.5 Å². The molecule has 1 aliphatic heterocycles. The standard InChI is InChI=1S/C23H26N2O5/c1-16(26)19-7-9-21(10-8-19)24-22(27)17(2)30-23(28)20-5-3-18(4-6-20)15-25-11-13-29-14-12-25/h3-10,17H,11-15H2,1-2H3,(H,24,27)/p+1/t17-/m1/s1. The number of carbonyl (C=O) groups excluding carboxylic acids is 3. The second kappa shape index (κ2) is 10.1. The SMILES string of the molecule is CC(=O)c1ccc(NC(=O)[C@@H](C)OC(=O)c2ccc(C[NH+]3CCOCC3)cc2)cc1. The van der Waals surface area contributed by atoms with Crippen LogP contribution in [0.3, 0.4) is 0 Å². The van der Waals surface area contributed by atoms with Crippen LogP contribution < -0.4 is 10.2 Å². The summed E-state index contributed by atoms with van der Waals surface area (Å²) in [6.45, 7) is 7.40. The van der Waals surface area contributed by atoms with Crippen molar-refractivity contribution >= 4 is 23.3 Å². The lowest BCUT2D eigenvalue weighted by Crippen LogP contribution is -3.12. The number of ketones is 1. The number of hydrogen-bond donors (Lipinski definition) is 2. The molecule has 2 aromatic carbocycles. The number of Topliss-reactive ketones (excluding diaryl/α,β-unsaturated/α-hetero) is 1. The monoisotopic (exact) mass is 411 g/mol. The Morgan fingerprint density at radius 2 is 1.60 bits per heavy atom. The van der Waals surface area contributed by atoms with Gasteiger partial charge in [-0.05, 0) is 50.2 Å². The number of rotatable bonds is 7. The van der Waals surface area contributed by atoms with E-state index in [1.54, 1.807) is 36.4 Å². The Kier molecular flexibility index (Phi) is 7.32. The van der Waals surface area contributed by atoms with Gasteiger partial charge in [0.1, 0.15) is 19.6 Å². The van der Waals surface area contributed by atoms with Gasteiger partial charge in [0.05, 0.1) is 18.8 Å². The molecule has 30 heavy (non-hydrogen) atoms. The van der Waals surface area contributed by atoms with E-state index in [0.29, 0.717) is 16.8 Å². The fourth-order valence-corrected chi connectivity index (χ4v) is 3.20. The fraction of sp³-hybridized carbons (Fsp3) is 0.348. The summed E-state index contributed by atoms with van der Waals surface area (Å²) in [5, 5.41) is 2.68. The van der Waals surface area contributed by atoms with Crippen molar-refractivity contribution in [2.24, 2.45) is 0 Å². The predicted molar refractivity (Wildman–Crippen MR) is 112 cm³/mol. The lowest BCUT2D eigenvalue weighted by molar-refractivity contribution is -0.921. The molecule has 2 N–H and O–H groups in total. The molecular formula is C23H27N2O5+. The maximum absolute atomic E-state index is 12.4.